The second kappa shape index (κ2) is 9.73. The molecule has 30 heavy (non-hydrogen) atoms. The highest BCUT2D eigenvalue weighted by molar-refractivity contribution is 6.04. The molecule has 1 aromatic carbocycles. The molecule has 0 fully saturated rings. The Bertz CT molecular complexity index is 976. The Kier molecular flexibility index (Phi) is 6.85. The van der Waals surface area contributed by atoms with Crippen LogP contribution in [0.4, 0.5) is 5.69 Å². The standard InChI is InChI=1S/C23H27N5O2/c1-3-10-28(11-4-2)23(30)20-13-16-7-8-19(12-18(16)14-21(24)27-20)26-22(29)17-6-5-9-25-15-17/h5-9,12-15,27H,3-4,10-11,24H2,1-2H3,(H,26,29). The number of hydrogen-bond acceptors (Lipinski definition) is 5. The predicted molar refractivity (Wildman–Crippen MR) is 119 cm³/mol. The van der Waals surface area contributed by atoms with Gasteiger partial charge in [-0.05, 0) is 60.4 Å². The van der Waals surface area contributed by atoms with Crippen molar-refractivity contribution in [2.24, 2.45) is 5.73 Å². The first-order valence-corrected chi connectivity index (χ1v) is 10.1. The van der Waals surface area contributed by atoms with E-state index in [0.29, 0.717) is 35.9 Å². The molecule has 2 amide bonds. The lowest BCUT2D eigenvalue weighted by molar-refractivity contribution is -0.127. The summed E-state index contributed by atoms with van der Waals surface area (Å²) in [4.78, 5) is 31.2. The Morgan fingerprint density at radius 2 is 1.87 bits per heavy atom. The van der Waals surface area contributed by atoms with Crippen LogP contribution in [-0.2, 0) is 4.79 Å². The van der Waals surface area contributed by atoms with E-state index < -0.39 is 0 Å². The van der Waals surface area contributed by atoms with Crippen LogP contribution in [0.2, 0.25) is 0 Å². The molecule has 2 aromatic rings. The highest BCUT2D eigenvalue weighted by Gasteiger charge is 2.20. The monoisotopic (exact) mass is 405 g/mol. The third kappa shape index (κ3) is 5.05. The van der Waals surface area contributed by atoms with Crippen LogP contribution >= 0.6 is 0 Å². The zero-order valence-corrected chi connectivity index (χ0v) is 17.3. The van der Waals surface area contributed by atoms with Crippen LogP contribution in [0.3, 0.4) is 0 Å². The molecule has 2 heterocycles. The van der Waals surface area contributed by atoms with Gasteiger partial charge in [0.25, 0.3) is 11.8 Å². The minimum absolute atomic E-state index is 0.0724. The number of rotatable bonds is 7. The molecular weight excluding hydrogens is 378 g/mol. The Hall–Kier alpha value is -3.61. The number of fused-ring (bicyclic) bond motifs is 1. The average molecular weight is 406 g/mol. The number of nitrogens with two attached hydrogens (primary N) is 1. The van der Waals surface area contributed by atoms with E-state index in [9.17, 15) is 9.59 Å². The molecule has 7 heteroatoms. The maximum absolute atomic E-state index is 13.0. The molecule has 0 aliphatic carbocycles. The van der Waals surface area contributed by atoms with Crippen molar-refractivity contribution in [1.82, 2.24) is 15.2 Å². The van der Waals surface area contributed by atoms with Crippen molar-refractivity contribution < 1.29 is 9.59 Å². The third-order valence-corrected chi connectivity index (χ3v) is 4.66. The summed E-state index contributed by atoms with van der Waals surface area (Å²) in [5.74, 6) is 0.0572. The summed E-state index contributed by atoms with van der Waals surface area (Å²) in [6.07, 6.45) is 8.48. The molecule has 4 N–H and O–H groups in total. The van der Waals surface area contributed by atoms with Gasteiger partial charge in [-0.15, -0.1) is 0 Å². The lowest BCUT2D eigenvalue weighted by atomic mass is 10.1. The molecule has 0 atom stereocenters. The van der Waals surface area contributed by atoms with E-state index in [1.165, 1.54) is 6.20 Å². The van der Waals surface area contributed by atoms with E-state index in [4.69, 9.17) is 5.73 Å². The molecule has 156 valence electrons. The topological polar surface area (TPSA) is 100 Å². The quantitative estimate of drug-likeness (QED) is 0.657. The first kappa shape index (κ1) is 21.1. The van der Waals surface area contributed by atoms with E-state index in [0.717, 1.165) is 24.0 Å². The van der Waals surface area contributed by atoms with Gasteiger partial charge in [0.2, 0.25) is 0 Å². The largest absolute Gasteiger partial charge is 0.385 e. The van der Waals surface area contributed by atoms with Crippen LogP contribution in [0.1, 0.15) is 48.2 Å². The molecule has 1 aromatic heterocycles. The van der Waals surface area contributed by atoms with Gasteiger partial charge in [0.15, 0.2) is 0 Å². The minimum Gasteiger partial charge on any atom is -0.385 e. The van der Waals surface area contributed by atoms with Gasteiger partial charge in [-0.25, -0.2) is 0 Å². The highest BCUT2D eigenvalue weighted by atomic mass is 16.2. The number of carbonyl (C=O) groups excluding carboxylic acids is 2. The second-order valence-electron chi connectivity index (χ2n) is 7.11. The summed E-state index contributed by atoms with van der Waals surface area (Å²) in [5, 5.41) is 5.89. The molecule has 0 radical (unpaired) electrons. The molecule has 0 bridgehead atoms. The molecule has 7 nitrogen and oxygen atoms in total. The molecule has 1 aliphatic heterocycles. The normalized spacial score (nSPS) is 12.6. The summed E-state index contributed by atoms with van der Waals surface area (Å²) in [7, 11) is 0. The van der Waals surface area contributed by atoms with Gasteiger partial charge in [0.1, 0.15) is 11.5 Å². The van der Waals surface area contributed by atoms with Crippen molar-refractivity contribution in [2.45, 2.75) is 26.7 Å². The number of anilines is 1. The van der Waals surface area contributed by atoms with E-state index in [1.54, 1.807) is 36.5 Å². The van der Waals surface area contributed by atoms with E-state index >= 15 is 0 Å². The van der Waals surface area contributed by atoms with E-state index in [1.807, 2.05) is 17.0 Å². The Labute approximate surface area is 176 Å². The van der Waals surface area contributed by atoms with Crippen molar-refractivity contribution >= 4 is 29.7 Å². The summed E-state index contributed by atoms with van der Waals surface area (Å²) < 4.78 is 0. The van der Waals surface area contributed by atoms with Crippen molar-refractivity contribution in [3.8, 4) is 0 Å². The Balaban J connectivity index is 1.86. The number of hydrogen-bond donors (Lipinski definition) is 3. The summed E-state index contributed by atoms with van der Waals surface area (Å²) in [6, 6.07) is 8.91. The fourth-order valence-electron chi connectivity index (χ4n) is 3.30. The van der Waals surface area contributed by atoms with Crippen LogP contribution in [0.15, 0.2) is 54.2 Å². The third-order valence-electron chi connectivity index (χ3n) is 4.66. The summed E-state index contributed by atoms with van der Waals surface area (Å²) in [5.41, 5.74) is 9.32. The van der Waals surface area contributed by atoms with Crippen LogP contribution in [0.5, 0.6) is 0 Å². The fraction of sp³-hybridized carbons (Fsp3) is 0.261. The number of pyridine rings is 1. The number of nitrogens with zero attached hydrogens (tertiary/aromatic N) is 2. The predicted octanol–water partition coefficient (Wildman–Crippen LogP) is 3.18. The zero-order valence-electron chi connectivity index (χ0n) is 17.3. The molecule has 3 rings (SSSR count). The van der Waals surface area contributed by atoms with Gasteiger partial charge in [0.05, 0.1) is 5.56 Å². The van der Waals surface area contributed by atoms with Crippen LogP contribution in [0.25, 0.3) is 12.2 Å². The van der Waals surface area contributed by atoms with Gasteiger partial charge >= 0.3 is 0 Å². The lowest BCUT2D eigenvalue weighted by Gasteiger charge is -2.23. The lowest BCUT2D eigenvalue weighted by Crippen LogP contribution is -2.38. The summed E-state index contributed by atoms with van der Waals surface area (Å²) >= 11 is 0. The Morgan fingerprint density at radius 1 is 1.10 bits per heavy atom. The molecule has 0 spiro atoms. The van der Waals surface area contributed by atoms with Crippen molar-refractivity contribution in [3.05, 3.63) is 70.9 Å². The van der Waals surface area contributed by atoms with Crippen LogP contribution in [0, 0.1) is 0 Å². The summed E-state index contributed by atoms with van der Waals surface area (Å²) in [6.45, 7) is 5.49. The molecule has 0 saturated carbocycles. The number of benzene rings is 1. The second-order valence-corrected chi connectivity index (χ2v) is 7.11. The van der Waals surface area contributed by atoms with Gasteiger partial charge in [-0.2, -0.15) is 0 Å². The van der Waals surface area contributed by atoms with Crippen LogP contribution in [-0.4, -0.2) is 34.8 Å². The van der Waals surface area contributed by atoms with Gasteiger partial charge < -0.3 is 21.3 Å². The maximum Gasteiger partial charge on any atom is 0.270 e. The molecule has 1 aliphatic rings. The van der Waals surface area contributed by atoms with Crippen molar-refractivity contribution in [1.29, 1.82) is 0 Å². The minimum atomic E-state index is -0.243. The van der Waals surface area contributed by atoms with Crippen LogP contribution < -0.4 is 16.4 Å². The molecule has 0 unspecified atom stereocenters. The zero-order chi connectivity index (χ0) is 21.5. The first-order chi connectivity index (χ1) is 14.5. The van der Waals surface area contributed by atoms with E-state index in [2.05, 4.69) is 29.5 Å². The highest BCUT2D eigenvalue weighted by Crippen LogP contribution is 2.24. The van der Waals surface area contributed by atoms with Gasteiger partial charge in [-0.1, -0.05) is 19.9 Å². The number of aromatic nitrogens is 1. The first-order valence-electron chi connectivity index (χ1n) is 10.1. The number of amides is 2. The molecular formula is C23H27N5O2. The molecule has 0 saturated heterocycles. The van der Waals surface area contributed by atoms with Crippen molar-refractivity contribution in [2.75, 3.05) is 18.4 Å². The van der Waals surface area contributed by atoms with Gasteiger partial charge in [0, 0.05) is 31.2 Å². The van der Waals surface area contributed by atoms with E-state index in [-0.39, 0.29) is 11.8 Å². The Morgan fingerprint density at radius 3 is 2.53 bits per heavy atom. The number of carbonyl (C=O) groups is 2. The maximum atomic E-state index is 13.0. The SMILES string of the molecule is CCCN(CCC)C(=O)C1=Cc2ccc(NC(=O)c3cccnc3)cc2C=C(N)N1. The average Bonchev–Trinajstić information content (AvgIpc) is 2.91. The number of nitrogens with one attached hydrogen (secondary N) is 2. The fourth-order valence-corrected chi connectivity index (χ4v) is 3.30. The van der Waals surface area contributed by atoms with Crippen molar-refractivity contribution in [3.63, 3.8) is 0 Å². The van der Waals surface area contributed by atoms with Gasteiger partial charge in [-0.3, -0.25) is 14.6 Å². The smallest absolute Gasteiger partial charge is 0.270 e.